The molecule has 1 fully saturated rings. The molecule has 0 aromatic carbocycles. The minimum absolute atomic E-state index is 0. The van der Waals surface area contributed by atoms with Gasteiger partial charge in [0.2, 0.25) is 0 Å². The van der Waals surface area contributed by atoms with Crippen LogP contribution >= 0.6 is 24.0 Å². The predicted octanol–water partition coefficient (Wildman–Crippen LogP) is 3.76. The minimum atomic E-state index is 0. The van der Waals surface area contributed by atoms with E-state index < -0.39 is 0 Å². The Bertz CT molecular complexity index is 201. The van der Waals surface area contributed by atoms with Crippen LogP contribution in [0, 0.1) is 11.3 Å². The van der Waals surface area contributed by atoms with Gasteiger partial charge in [0.05, 0.1) is 0 Å². The maximum atomic E-state index is 2.40. The molecule has 64 valence electrons. The molecule has 3 rings (SSSR count). The van der Waals surface area contributed by atoms with Gasteiger partial charge in [-0.2, -0.15) is 0 Å². The van der Waals surface area contributed by atoms with Crippen molar-refractivity contribution in [1.29, 1.82) is 0 Å². The van der Waals surface area contributed by atoms with E-state index in [2.05, 4.69) is 20.8 Å². The van der Waals surface area contributed by atoms with Crippen LogP contribution in [0.2, 0.25) is 0 Å². The second kappa shape index (κ2) is 2.75. The summed E-state index contributed by atoms with van der Waals surface area (Å²) in [6, 6.07) is 0. The van der Waals surface area contributed by atoms with Gasteiger partial charge in [-0.15, -0.1) is 24.0 Å². The van der Waals surface area contributed by atoms with Gasteiger partial charge >= 0.3 is 0 Å². The molecule has 0 N–H and O–H groups in total. The first kappa shape index (κ1) is 9.56. The quantitative estimate of drug-likeness (QED) is 0.461. The van der Waals surface area contributed by atoms with E-state index in [0.29, 0.717) is 5.41 Å². The van der Waals surface area contributed by atoms with Gasteiger partial charge in [0.25, 0.3) is 0 Å². The average Bonchev–Trinajstić information content (AvgIpc) is 1.87. The highest BCUT2D eigenvalue weighted by Crippen LogP contribution is 2.58. The van der Waals surface area contributed by atoms with Gasteiger partial charge < -0.3 is 0 Å². The zero-order chi connectivity index (χ0) is 7.35. The summed E-state index contributed by atoms with van der Waals surface area (Å²) in [5, 5.41) is 0. The molecule has 0 aromatic heterocycles. The van der Waals surface area contributed by atoms with Crippen molar-refractivity contribution < 1.29 is 0 Å². The summed E-state index contributed by atoms with van der Waals surface area (Å²) in [4.78, 5) is 0. The van der Waals surface area contributed by atoms with Crippen molar-refractivity contribution in [3.63, 3.8) is 0 Å². The summed E-state index contributed by atoms with van der Waals surface area (Å²) in [5.41, 5.74) is 4.04. The standard InChI is InChI=1S/C10H16.HI/c1-7-4-5-8-6-9(7)10(8,2)3;/h8H,4-6H2,1-3H3;1H. The second-order valence-electron chi connectivity index (χ2n) is 4.42. The first-order valence-corrected chi connectivity index (χ1v) is 4.31. The summed E-state index contributed by atoms with van der Waals surface area (Å²) in [7, 11) is 0. The van der Waals surface area contributed by atoms with E-state index in [1.54, 1.807) is 11.1 Å². The maximum absolute atomic E-state index is 2.40. The molecular formula is C10H17I. The number of halogens is 1. The molecule has 11 heavy (non-hydrogen) atoms. The predicted molar refractivity (Wildman–Crippen MR) is 59.2 cm³/mol. The summed E-state index contributed by atoms with van der Waals surface area (Å²) in [6.45, 7) is 7.12. The lowest BCUT2D eigenvalue weighted by Gasteiger charge is -2.52. The van der Waals surface area contributed by atoms with E-state index in [9.17, 15) is 0 Å². The maximum Gasteiger partial charge on any atom is -0.0111 e. The van der Waals surface area contributed by atoms with Crippen LogP contribution < -0.4 is 0 Å². The van der Waals surface area contributed by atoms with Gasteiger partial charge in [0.15, 0.2) is 0 Å². The SMILES string of the molecule is CC1=C2CC(CC1)C2(C)C.I. The Morgan fingerprint density at radius 2 is 2.00 bits per heavy atom. The van der Waals surface area contributed by atoms with E-state index in [1.165, 1.54) is 19.3 Å². The number of hydrogen-bond donors (Lipinski definition) is 0. The van der Waals surface area contributed by atoms with E-state index in [4.69, 9.17) is 0 Å². The first-order chi connectivity index (χ1) is 4.62. The number of rotatable bonds is 0. The molecule has 1 heteroatoms. The van der Waals surface area contributed by atoms with Gasteiger partial charge in [-0.25, -0.2) is 0 Å². The van der Waals surface area contributed by atoms with Crippen LogP contribution in [0.4, 0.5) is 0 Å². The minimum Gasteiger partial charge on any atom is -0.107 e. The van der Waals surface area contributed by atoms with E-state index in [1.807, 2.05) is 0 Å². The molecule has 0 amide bonds. The van der Waals surface area contributed by atoms with Crippen LogP contribution in [-0.4, -0.2) is 0 Å². The fraction of sp³-hybridized carbons (Fsp3) is 0.800. The lowest BCUT2D eigenvalue weighted by molar-refractivity contribution is 0.133. The molecule has 0 spiro atoms. The van der Waals surface area contributed by atoms with Crippen LogP contribution in [0.25, 0.3) is 0 Å². The normalized spacial score (nSPS) is 32.5. The van der Waals surface area contributed by atoms with Crippen molar-refractivity contribution in [2.75, 3.05) is 0 Å². The summed E-state index contributed by atoms with van der Waals surface area (Å²) in [6.07, 6.45) is 4.24. The van der Waals surface area contributed by atoms with Gasteiger partial charge in [-0.05, 0) is 37.5 Å². The fourth-order valence-corrected chi connectivity index (χ4v) is 2.61. The highest BCUT2D eigenvalue weighted by atomic mass is 127. The zero-order valence-electron chi connectivity index (χ0n) is 7.61. The summed E-state index contributed by atoms with van der Waals surface area (Å²) in [5.74, 6) is 1.02. The molecule has 1 atom stereocenters. The molecule has 0 radical (unpaired) electrons. The van der Waals surface area contributed by atoms with Crippen molar-refractivity contribution in [2.24, 2.45) is 11.3 Å². The fourth-order valence-electron chi connectivity index (χ4n) is 2.61. The third-order valence-corrected chi connectivity index (χ3v) is 3.63. The van der Waals surface area contributed by atoms with Crippen molar-refractivity contribution in [1.82, 2.24) is 0 Å². The molecule has 1 saturated carbocycles. The molecule has 0 aromatic rings. The molecular weight excluding hydrogens is 247 g/mol. The monoisotopic (exact) mass is 264 g/mol. The largest absolute Gasteiger partial charge is 0.107 e. The molecule has 3 aliphatic rings. The van der Waals surface area contributed by atoms with Crippen molar-refractivity contribution >= 4 is 24.0 Å². The summed E-state index contributed by atoms with van der Waals surface area (Å²) >= 11 is 0. The first-order valence-electron chi connectivity index (χ1n) is 4.31. The van der Waals surface area contributed by atoms with E-state index in [0.717, 1.165) is 5.92 Å². The molecule has 2 bridgehead atoms. The lowest BCUT2D eigenvalue weighted by atomic mass is 9.52. The lowest BCUT2D eigenvalue weighted by Crippen LogP contribution is -2.41. The third-order valence-electron chi connectivity index (χ3n) is 3.63. The van der Waals surface area contributed by atoms with Crippen molar-refractivity contribution in [3.05, 3.63) is 11.1 Å². The highest BCUT2D eigenvalue weighted by Gasteiger charge is 2.46. The Morgan fingerprint density at radius 1 is 1.36 bits per heavy atom. The molecule has 0 heterocycles. The van der Waals surface area contributed by atoms with Crippen LogP contribution in [0.3, 0.4) is 0 Å². The molecule has 0 saturated heterocycles. The van der Waals surface area contributed by atoms with Gasteiger partial charge in [-0.3, -0.25) is 0 Å². The summed E-state index contributed by atoms with van der Waals surface area (Å²) < 4.78 is 0. The van der Waals surface area contributed by atoms with Crippen LogP contribution in [-0.2, 0) is 0 Å². The Kier molecular flexibility index (Phi) is 2.39. The molecule has 1 unspecified atom stereocenters. The van der Waals surface area contributed by atoms with Gasteiger partial charge in [0, 0.05) is 0 Å². The Morgan fingerprint density at radius 3 is 2.27 bits per heavy atom. The Balaban J connectivity index is 0.000000605. The van der Waals surface area contributed by atoms with Crippen molar-refractivity contribution in [2.45, 2.75) is 40.0 Å². The molecule has 0 nitrogen and oxygen atoms in total. The third kappa shape index (κ3) is 1.16. The van der Waals surface area contributed by atoms with Crippen LogP contribution in [0.1, 0.15) is 40.0 Å². The van der Waals surface area contributed by atoms with E-state index >= 15 is 0 Å². The number of hydrogen-bond acceptors (Lipinski definition) is 0. The van der Waals surface area contributed by atoms with Crippen molar-refractivity contribution in [3.8, 4) is 0 Å². The average molecular weight is 264 g/mol. The number of fused-ring (bicyclic) bond motifs is 2. The molecule has 0 aliphatic heterocycles. The van der Waals surface area contributed by atoms with Crippen LogP contribution in [0.5, 0.6) is 0 Å². The highest BCUT2D eigenvalue weighted by molar-refractivity contribution is 14.0. The second-order valence-corrected chi connectivity index (χ2v) is 4.42. The molecule has 3 aliphatic carbocycles. The topological polar surface area (TPSA) is 0 Å². The van der Waals surface area contributed by atoms with Crippen LogP contribution in [0.15, 0.2) is 11.1 Å². The zero-order valence-corrected chi connectivity index (χ0v) is 9.94. The van der Waals surface area contributed by atoms with Gasteiger partial charge in [-0.1, -0.05) is 25.0 Å². The Labute approximate surface area is 86.5 Å². The Hall–Kier alpha value is 0.470. The number of allylic oxidation sites excluding steroid dienone is 2. The van der Waals surface area contributed by atoms with E-state index in [-0.39, 0.29) is 24.0 Å². The van der Waals surface area contributed by atoms with Gasteiger partial charge in [0.1, 0.15) is 0 Å². The smallest absolute Gasteiger partial charge is 0.0111 e.